The van der Waals surface area contributed by atoms with Gasteiger partial charge in [-0.25, -0.2) is 0 Å². The van der Waals surface area contributed by atoms with E-state index in [9.17, 15) is 4.79 Å². The molecule has 1 aliphatic rings. The van der Waals surface area contributed by atoms with Crippen LogP contribution >= 0.6 is 0 Å². The van der Waals surface area contributed by atoms with Gasteiger partial charge >= 0.3 is 5.97 Å². The second kappa shape index (κ2) is 7.00. The average Bonchev–Trinajstić information content (AvgIpc) is 2.26. The Bertz CT molecular complexity index is 230. The van der Waals surface area contributed by atoms with E-state index < -0.39 is 5.60 Å². The largest absolute Gasteiger partial charge is 0.457 e. The highest BCUT2D eigenvalue weighted by molar-refractivity contribution is 5.66. The minimum absolute atomic E-state index is 0.211. The first-order valence-electron chi connectivity index (χ1n) is 6.87. The molecule has 0 bridgehead atoms. The third kappa shape index (κ3) is 5.53. The monoisotopic (exact) mass is 242 g/mol. The van der Waals surface area contributed by atoms with Gasteiger partial charge in [0.05, 0.1) is 12.7 Å². The van der Waals surface area contributed by atoms with E-state index >= 15 is 0 Å². The SMILES string of the molecule is CCCCCC[C@@H]1CC[C@@](C)(OC(C)=O)CO1. The van der Waals surface area contributed by atoms with Crippen molar-refractivity contribution in [3.05, 3.63) is 0 Å². The molecular formula is C14H26O3. The van der Waals surface area contributed by atoms with Gasteiger partial charge in [0.2, 0.25) is 0 Å². The molecule has 0 aromatic heterocycles. The molecule has 1 rings (SSSR count). The van der Waals surface area contributed by atoms with Gasteiger partial charge in [-0.15, -0.1) is 0 Å². The second-order valence-corrected chi connectivity index (χ2v) is 5.36. The Morgan fingerprint density at radius 1 is 1.41 bits per heavy atom. The van der Waals surface area contributed by atoms with Crippen molar-refractivity contribution in [2.24, 2.45) is 0 Å². The van der Waals surface area contributed by atoms with Crippen LogP contribution in [-0.4, -0.2) is 24.3 Å². The van der Waals surface area contributed by atoms with Crippen LogP contribution in [0, 0.1) is 0 Å². The molecule has 0 unspecified atom stereocenters. The molecule has 1 aliphatic heterocycles. The minimum atomic E-state index is -0.397. The van der Waals surface area contributed by atoms with Gasteiger partial charge in [0.25, 0.3) is 0 Å². The third-order valence-corrected chi connectivity index (χ3v) is 3.39. The smallest absolute Gasteiger partial charge is 0.303 e. The van der Waals surface area contributed by atoms with Crippen molar-refractivity contribution in [2.45, 2.75) is 77.4 Å². The van der Waals surface area contributed by atoms with Gasteiger partial charge in [-0.05, 0) is 26.2 Å². The number of hydrogen-bond acceptors (Lipinski definition) is 3. The van der Waals surface area contributed by atoms with Crippen LogP contribution in [0.2, 0.25) is 0 Å². The van der Waals surface area contributed by atoms with Gasteiger partial charge in [-0.1, -0.05) is 32.6 Å². The summed E-state index contributed by atoms with van der Waals surface area (Å²) in [6.45, 7) is 6.19. The molecule has 0 spiro atoms. The van der Waals surface area contributed by atoms with Crippen molar-refractivity contribution in [1.29, 1.82) is 0 Å². The van der Waals surface area contributed by atoms with Crippen molar-refractivity contribution < 1.29 is 14.3 Å². The van der Waals surface area contributed by atoms with Crippen molar-refractivity contribution in [3.8, 4) is 0 Å². The Morgan fingerprint density at radius 3 is 2.71 bits per heavy atom. The molecule has 0 saturated carbocycles. The molecule has 2 atom stereocenters. The van der Waals surface area contributed by atoms with E-state index in [0.29, 0.717) is 12.7 Å². The lowest BCUT2D eigenvalue weighted by Gasteiger charge is -2.36. The van der Waals surface area contributed by atoms with E-state index in [2.05, 4.69) is 6.92 Å². The fourth-order valence-corrected chi connectivity index (χ4v) is 2.37. The van der Waals surface area contributed by atoms with E-state index in [0.717, 1.165) is 19.3 Å². The van der Waals surface area contributed by atoms with Gasteiger partial charge in [0.15, 0.2) is 0 Å². The number of carbonyl (C=O) groups excluding carboxylic acids is 1. The molecule has 1 saturated heterocycles. The van der Waals surface area contributed by atoms with Crippen molar-refractivity contribution >= 4 is 5.97 Å². The highest BCUT2D eigenvalue weighted by Gasteiger charge is 2.34. The van der Waals surface area contributed by atoms with Crippen LogP contribution in [0.4, 0.5) is 0 Å². The normalized spacial score (nSPS) is 29.0. The lowest BCUT2D eigenvalue weighted by molar-refractivity contribution is -0.175. The van der Waals surface area contributed by atoms with Gasteiger partial charge in [0, 0.05) is 6.92 Å². The predicted octanol–water partition coefficient (Wildman–Crippen LogP) is 3.46. The molecule has 0 aliphatic carbocycles. The summed E-state index contributed by atoms with van der Waals surface area (Å²) in [5.74, 6) is -0.211. The molecule has 1 fully saturated rings. The average molecular weight is 242 g/mol. The third-order valence-electron chi connectivity index (χ3n) is 3.39. The number of rotatable bonds is 6. The molecule has 100 valence electrons. The minimum Gasteiger partial charge on any atom is -0.457 e. The van der Waals surface area contributed by atoms with E-state index in [-0.39, 0.29) is 5.97 Å². The highest BCUT2D eigenvalue weighted by Crippen LogP contribution is 2.28. The number of esters is 1. The maximum absolute atomic E-state index is 11.0. The van der Waals surface area contributed by atoms with Crippen LogP contribution in [0.15, 0.2) is 0 Å². The summed E-state index contributed by atoms with van der Waals surface area (Å²) >= 11 is 0. The fraction of sp³-hybridized carbons (Fsp3) is 0.929. The number of ether oxygens (including phenoxy) is 2. The van der Waals surface area contributed by atoms with Gasteiger partial charge in [-0.2, -0.15) is 0 Å². The maximum atomic E-state index is 11.0. The van der Waals surface area contributed by atoms with Crippen molar-refractivity contribution in [1.82, 2.24) is 0 Å². The first-order chi connectivity index (χ1) is 8.06. The zero-order valence-corrected chi connectivity index (χ0v) is 11.5. The summed E-state index contributed by atoms with van der Waals surface area (Å²) in [6.07, 6.45) is 8.60. The number of carbonyl (C=O) groups is 1. The lowest BCUT2D eigenvalue weighted by atomic mass is 9.93. The summed E-state index contributed by atoms with van der Waals surface area (Å²) in [7, 11) is 0. The molecule has 0 radical (unpaired) electrons. The van der Waals surface area contributed by atoms with E-state index in [4.69, 9.17) is 9.47 Å². The maximum Gasteiger partial charge on any atom is 0.303 e. The quantitative estimate of drug-likeness (QED) is 0.528. The number of unbranched alkanes of at least 4 members (excludes halogenated alkanes) is 3. The second-order valence-electron chi connectivity index (χ2n) is 5.36. The fourth-order valence-electron chi connectivity index (χ4n) is 2.37. The Labute approximate surface area is 105 Å². The first kappa shape index (κ1) is 14.5. The highest BCUT2D eigenvalue weighted by atomic mass is 16.6. The molecule has 0 aromatic rings. The molecule has 3 nitrogen and oxygen atoms in total. The zero-order valence-electron chi connectivity index (χ0n) is 11.5. The van der Waals surface area contributed by atoms with Crippen LogP contribution in [0.5, 0.6) is 0 Å². The first-order valence-corrected chi connectivity index (χ1v) is 6.87. The van der Waals surface area contributed by atoms with E-state index in [1.165, 1.54) is 32.6 Å². The lowest BCUT2D eigenvalue weighted by Crippen LogP contribution is -2.42. The summed E-state index contributed by atoms with van der Waals surface area (Å²) < 4.78 is 11.1. The Hall–Kier alpha value is -0.570. The molecule has 1 heterocycles. The molecular weight excluding hydrogens is 216 g/mol. The number of hydrogen-bond donors (Lipinski definition) is 0. The Balaban J connectivity index is 2.18. The summed E-state index contributed by atoms with van der Waals surface area (Å²) in [5, 5.41) is 0. The topological polar surface area (TPSA) is 35.5 Å². The predicted molar refractivity (Wildman–Crippen MR) is 67.9 cm³/mol. The van der Waals surface area contributed by atoms with E-state index in [1.54, 1.807) is 0 Å². The molecule has 17 heavy (non-hydrogen) atoms. The zero-order chi connectivity index (χ0) is 12.7. The Kier molecular flexibility index (Phi) is 5.96. The van der Waals surface area contributed by atoms with Crippen LogP contribution in [-0.2, 0) is 14.3 Å². The Morgan fingerprint density at radius 2 is 2.18 bits per heavy atom. The van der Waals surface area contributed by atoms with Crippen LogP contribution in [0.25, 0.3) is 0 Å². The summed E-state index contributed by atoms with van der Waals surface area (Å²) in [5.41, 5.74) is -0.397. The van der Waals surface area contributed by atoms with Crippen LogP contribution < -0.4 is 0 Å². The van der Waals surface area contributed by atoms with E-state index in [1.807, 2.05) is 6.92 Å². The van der Waals surface area contributed by atoms with Crippen LogP contribution in [0.3, 0.4) is 0 Å². The molecule has 0 amide bonds. The van der Waals surface area contributed by atoms with Crippen molar-refractivity contribution in [2.75, 3.05) is 6.61 Å². The van der Waals surface area contributed by atoms with Crippen molar-refractivity contribution in [3.63, 3.8) is 0 Å². The van der Waals surface area contributed by atoms with Crippen LogP contribution in [0.1, 0.15) is 65.7 Å². The van der Waals surface area contributed by atoms with Gasteiger partial charge < -0.3 is 9.47 Å². The molecule has 3 heteroatoms. The summed E-state index contributed by atoms with van der Waals surface area (Å²) in [6, 6.07) is 0. The standard InChI is InChI=1S/C14H26O3/c1-4-5-6-7-8-13-9-10-14(3,11-16-13)17-12(2)15/h13H,4-11H2,1-3H3/t13-,14-/m1/s1. The molecule has 0 N–H and O–H groups in total. The molecule has 0 aromatic carbocycles. The van der Waals surface area contributed by atoms with Gasteiger partial charge in [0.1, 0.15) is 5.60 Å². The van der Waals surface area contributed by atoms with Gasteiger partial charge in [-0.3, -0.25) is 4.79 Å². The summed E-state index contributed by atoms with van der Waals surface area (Å²) in [4.78, 5) is 11.0.